The van der Waals surface area contributed by atoms with Crippen LogP contribution in [0.2, 0.25) is 0 Å². The lowest BCUT2D eigenvalue weighted by Gasteiger charge is -2.15. The van der Waals surface area contributed by atoms with Crippen molar-refractivity contribution < 1.29 is 9.18 Å². The zero-order valence-electron chi connectivity index (χ0n) is 11.5. The second-order valence-electron chi connectivity index (χ2n) is 4.87. The summed E-state index contributed by atoms with van der Waals surface area (Å²) in [5.74, 6) is 5.58. The molecular formula is C14H20FN3OS. The lowest BCUT2D eigenvalue weighted by Crippen LogP contribution is -2.34. The Bertz CT molecular complexity index is 483. The number of nitrogen functional groups attached to an aromatic ring is 1. The van der Waals surface area contributed by atoms with E-state index >= 15 is 0 Å². The Hall–Kier alpha value is -1.27. The van der Waals surface area contributed by atoms with Crippen LogP contribution in [-0.4, -0.2) is 23.0 Å². The topological polar surface area (TPSA) is 67.2 Å². The Balaban J connectivity index is 2.01. The highest BCUT2D eigenvalue weighted by molar-refractivity contribution is 7.99. The van der Waals surface area contributed by atoms with Crippen LogP contribution in [0.25, 0.3) is 0 Å². The fourth-order valence-corrected chi connectivity index (χ4v) is 3.72. The van der Waals surface area contributed by atoms with Gasteiger partial charge in [0.15, 0.2) is 0 Å². The number of halogens is 1. The number of nitrogens with one attached hydrogen (secondary N) is 2. The van der Waals surface area contributed by atoms with Crippen LogP contribution in [0.1, 0.15) is 36.5 Å². The van der Waals surface area contributed by atoms with Crippen LogP contribution >= 0.6 is 11.8 Å². The number of amides is 1. The number of benzene rings is 1. The predicted octanol–water partition coefficient (Wildman–Crippen LogP) is 2.52. The van der Waals surface area contributed by atoms with E-state index in [4.69, 9.17) is 5.84 Å². The number of hydrogen-bond donors (Lipinski definition) is 3. The van der Waals surface area contributed by atoms with Crippen molar-refractivity contribution in [1.29, 1.82) is 0 Å². The van der Waals surface area contributed by atoms with E-state index in [-0.39, 0.29) is 23.2 Å². The van der Waals surface area contributed by atoms with E-state index in [1.165, 1.54) is 12.1 Å². The van der Waals surface area contributed by atoms with Gasteiger partial charge in [0.05, 0.1) is 11.3 Å². The zero-order chi connectivity index (χ0) is 14.5. The molecule has 110 valence electrons. The van der Waals surface area contributed by atoms with Gasteiger partial charge < -0.3 is 10.7 Å². The molecule has 1 saturated carbocycles. The van der Waals surface area contributed by atoms with Gasteiger partial charge in [-0.3, -0.25) is 10.6 Å². The number of carbonyl (C=O) groups is 1. The largest absolute Gasteiger partial charge is 0.349 e. The van der Waals surface area contributed by atoms with Gasteiger partial charge in [-0.1, -0.05) is 13.0 Å². The first-order valence-electron chi connectivity index (χ1n) is 6.83. The molecule has 20 heavy (non-hydrogen) atoms. The van der Waals surface area contributed by atoms with Gasteiger partial charge in [0.25, 0.3) is 5.91 Å². The van der Waals surface area contributed by atoms with E-state index in [1.807, 2.05) is 11.8 Å². The normalized spacial score (nSPS) is 21.8. The quantitative estimate of drug-likeness (QED) is 0.577. The Morgan fingerprint density at radius 2 is 2.30 bits per heavy atom. The number of anilines is 1. The second-order valence-corrected chi connectivity index (χ2v) is 6.44. The maximum Gasteiger partial charge on any atom is 0.253 e. The van der Waals surface area contributed by atoms with Crippen molar-refractivity contribution in [3.63, 3.8) is 0 Å². The second kappa shape index (κ2) is 6.95. The molecule has 0 saturated heterocycles. The number of thioether (sulfide) groups is 1. The van der Waals surface area contributed by atoms with E-state index in [9.17, 15) is 9.18 Å². The van der Waals surface area contributed by atoms with Gasteiger partial charge in [0.2, 0.25) is 0 Å². The molecule has 0 heterocycles. The molecule has 0 aliphatic heterocycles. The molecule has 1 aromatic rings. The average molecular weight is 297 g/mol. The van der Waals surface area contributed by atoms with Crippen LogP contribution < -0.4 is 16.6 Å². The Kier molecular flexibility index (Phi) is 5.25. The number of carbonyl (C=O) groups excluding carboxylic acids is 1. The molecule has 4 N–H and O–H groups in total. The third-order valence-corrected chi connectivity index (χ3v) is 4.76. The highest BCUT2D eigenvalue weighted by Gasteiger charge is 2.26. The van der Waals surface area contributed by atoms with Crippen molar-refractivity contribution in [2.45, 2.75) is 37.5 Å². The van der Waals surface area contributed by atoms with Gasteiger partial charge in [-0.15, -0.1) is 0 Å². The van der Waals surface area contributed by atoms with Crippen molar-refractivity contribution in [3.8, 4) is 0 Å². The highest BCUT2D eigenvalue weighted by atomic mass is 32.2. The standard InChI is InChI=1S/C14H20FN3OS/c1-2-20-10-7-6-9(8-10)17-14(19)11-4-3-5-12(15)13(11)18-16/h3-5,9-10,18H,2,6-8,16H2,1H3,(H,17,19). The monoisotopic (exact) mass is 297 g/mol. The van der Waals surface area contributed by atoms with Crippen LogP contribution in [0.4, 0.5) is 10.1 Å². The van der Waals surface area contributed by atoms with Crippen molar-refractivity contribution in [3.05, 3.63) is 29.6 Å². The first kappa shape index (κ1) is 15.1. The minimum absolute atomic E-state index is 0.0440. The molecule has 4 nitrogen and oxygen atoms in total. The third-order valence-electron chi connectivity index (χ3n) is 3.52. The van der Waals surface area contributed by atoms with Crippen LogP contribution in [0, 0.1) is 5.82 Å². The zero-order valence-corrected chi connectivity index (χ0v) is 12.3. The number of hydrazine groups is 1. The molecule has 1 amide bonds. The minimum atomic E-state index is -0.522. The fraction of sp³-hybridized carbons (Fsp3) is 0.500. The average Bonchev–Trinajstić information content (AvgIpc) is 2.86. The first-order valence-corrected chi connectivity index (χ1v) is 7.88. The number of nitrogens with two attached hydrogens (primary N) is 1. The van der Waals surface area contributed by atoms with Gasteiger partial charge in [0.1, 0.15) is 5.82 Å². The molecular weight excluding hydrogens is 277 g/mol. The molecule has 6 heteroatoms. The summed E-state index contributed by atoms with van der Waals surface area (Å²) in [6.45, 7) is 2.14. The maximum atomic E-state index is 13.6. The Labute approximate surface area is 122 Å². The molecule has 2 unspecified atom stereocenters. The van der Waals surface area contributed by atoms with Crippen LogP contribution in [-0.2, 0) is 0 Å². The summed E-state index contributed by atoms with van der Waals surface area (Å²) >= 11 is 1.93. The molecule has 2 atom stereocenters. The first-order chi connectivity index (χ1) is 9.65. The molecule has 1 fully saturated rings. The van der Waals surface area contributed by atoms with Crippen molar-refractivity contribution >= 4 is 23.4 Å². The molecule has 1 aromatic carbocycles. The van der Waals surface area contributed by atoms with Gasteiger partial charge >= 0.3 is 0 Å². The molecule has 2 rings (SSSR count). The Morgan fingerprint density at radius 3 is 3.00 bits per heavy atom. The SMILES string of the molecule is CCSC1CCC(NC(=O)c2cccc(F)c2NN)C1. The van der Waals surface area contributed by atoms with Crippen molar-refractivity contribution in [1.82, 2.24) is 5.32 Å². The molecule has 0 bridgehead atoms. The maximum absolute atomic E-state index is 13.6. The van der Waals surface area contributed by atoms with Gasteiger partial charge in [0, 0.05) is 11.3 Å². The Morgan fingerprint density at radius 1 is 1.50 bits per heavy atom. The molecule has 1 aliphatic carbocycles. The lowest BCUT2D eigenvalue weighted by molar-refractivity contribution is 0.0938. The summed E-state index contributed by atoms with van der Waals surface area (Å²) in [7, 11) is 0. The van der Waals surface area contributed by atoms with Crippen molar-refractivity contribution in [2.24, 2.45) is 5.84 Å². The van der Waals surface area contributed by atoms with Crippen LogP contribution in [0.5, 0.6) is 0 Å². The van der Waals surface area contributed by atoms with Crippen LogP contribution in [0.15, 0.2) is 18.2 Å². The number of para-hydroxylation sites is 1. The number of hydrogen-bond acceptors (Lipinski definition) is 4. The van der Waals surface area contributed by atoms with E-state index in [1.54, 1.807) is 6.07 Å². The van der Waals surface area contributed by atoms with Gasteiger partial charge in [-0.05, 0) is 37.1 Å². The summed E-state index contributed by atoms with van der Waals surface area (Å²) in [5, 5.41) is 3.59. The van der Waals surface area contributed by atoms with E-state index < -0.39 is 5.82 Å². The fourth-order valence-electron chi connectivity index (χ4n) is 2.58. The molecule has 0 radical (unpaired) electrons. The van der Waals surface area contributed by atoms with E-state index in [0.29, 0.717) is 5.25 Å². The van der Waals surface area contributed by atoms with Crippen LogP contribution in [0.3, 0.4) is 0 Å². The summed E-state index contributed by atoms with van der Waals surface area (Å²) in [5.41, 5.74) is 2.55. The molecule has 0 spiro atoms. The summed E-state index contributed by atoms with van der Waals surface area (Å²) in [4.78, 5) is 12.2. The number of rotatable bonds is 5. The summed E-state index contributed by atoms with van der Waals surface area (Å²) in [6, 6.07) is 4.52. The third kappa shape index (κ3) is 3.43. The highest BCUT2D eigenvalue weighted by Crippen LogP contribution is 2.30. The summed E-state index contributed by atoms with van der Waals surface area (Å²) in [6.07, 6.45) is 3.07. The smallest absolute Gasteiger partial charge is 0.253 e. The minimum Gasteiger partial charge on any atom is -0.349 e. The predicted molar refractivity (Wildman–Crippen MR) is 81.2 cm³/mol. The van der Waals surface area contributed by atoms with Gasteiger partial charge in [-0.25, -0.2) is 4.39 Å². The van der Waals surface area contributed by atoms with E-state index in [2.05, 4.69) is 17.7 Å². The lowest BCUT2D eigenvalue weighted by atomic mass is 10.1. The summed E-state index contributed by atoms with van der Waals surface area (Å²) < 4.78 is 13.6. The van der Waals surface area contributed by atoms with E-state index in [0.717, 1.165) is 25.0 Å². The van der Waals surface area contributed by atoms with Crippen molar-refractivity contribution in [2.75, 3.05) is 11.2 Å². The molecule has 1 aliphatic rings. The van der Waals surface area contributed by atoms with Gasteiger partial charge in [-0.2, -0.15) is 11.8 Å². The molecule has 0 aromatic heterocycles.